The van der Waals surface area contributed by atoms with Crippen molar-refractivity contribution in [2.45, 2.75) is 0 Å². The normalized spacial score (nSPS) is 16.1. The van der Waals surface area contributed by atoms with Crippen LogP contribution in [0.2, 0.25) is 0 Å². The quantitative estimate of drug-likeness (QED) is 0.734. The monoisotopic (exact) mass is 244 g/mol. The molecule has 7 heteroatoms. The molecule has 0 radical (unpaired) electrons. The molecule has 0 spiro atoms. The first-order valence-corrected chi connectivity index (χ1v) is 4.70. The van der Waals surface area contributed by atoms with Gasteiger partial charge >= 0.3 is 0 Å². The van der Waals surface area contributed by atoms with Gasteiger partial charge in [-0.3, -0.25) is 14.5 Å². The van der Waals surface area contributed by atoms with Crippen molar-refractivity contribution in [3.05, 3.63) is 29.6 Å². The maximum absolute atomic E-state index is 13.4. The standard InChI is InChI=1S/C10H7F3N2O2/c11-5-1-7(13)8(2-6(5)12)15-4-9(16)14-3-10(15)17/h1-2H,3-4H2,(H,14,16). The van der Waals surface area contributed by atoms with Crippen LogP contribution in [-0.2, 0) is 9.59 Å². The third-order valence-corrected chi connectivity index (χ3v) is 2.32. The second-order valence-electron chi connectivity index (χ2n) is 3.47. The number of carbonyl (C=O) groups excluding carboxylic acids is 2. The molecule has 0 bridgehead atoms. The summed E-state index contributed by atoms with van der Waals surface area (Å²) in [6.45, 7) is -0.710. The van der Waals surface area contributed by atoms with Gasteiger partial charge in [0.2, 0.25) is 11.8 Å². The highest BCUT2D eigenvalue weighted by Gasteiger charge is 2.27. The van der Waals surface area contributed by atoms with Crippen molar-refractivity contribution in [1.29, 1.82) is 0 Å². The topological polar surface area (TPSA) is 49.4 Å². The fraction of sp³-hybridized carbons (Fsp3) is 0.200. The van der Waals surface area contributed by atoms with Crippen molar-refractivity contribution in [3.63, 3.8) is 0 Å². The van der Waals surface area contributed by atoms with E-state index in [0.717, 1.165) is 4.90 Å². The molecule has 2 amide bonds. The Balaban J connectivity index is 2.42. The zero-order valence-electron chi connectivity index (χ0n) is 8.47. The van der Waals surface area contributed by atoms with E-state index in [4.69, 9.17) is 0 Å². The minimum Gasteiger partial charge on any atom is -0.345 e. The summed E-state index contributed by atoms with van der Waals surface area (Å²) in [4.78, 5) is 23.3. The number of piperazine rings is 1. The minimum absolute atomic E-state index is 0.294. The summed E-state index contributed by atoms with van der Waals surface area (Å²) >= 11 is 0. The van der Waals surface area contributed by atoms with Gasteiger partial charge in [-0.1, -0.05) is 0 Å². The predicted octanol–water partition coefficient (Wildman–Crippen LogP) is 0.567. The zero-order valence-corrected chi connectivity index (χ0v) is 8.47. The third-order valence-electron chi connectivity index (χ3n) is 2.32. The Hall–Kier alpha value is -2.05. The molecule has 2 rings (SSSR count). The van der Waals surface area contributed by atoms with Crippen LogP contribution in [-0.4, -0.2) is 24.9 Å². The number of nitrogens with zero attached hydrogens (tertiary/aromatic N) is 1. The average molecular weight is 244 g/mol. The Bertz CT molecular complexity index is 505. The summed E-state index contributed by atoms with van der Waals surface area (Å²) in [7, 11) is 0. The van der Waals surface area contributed by atoms with Crippen LogP contribution in [0.4, 0.5) is 18.9 Å². The molecule has 0 atom stereocenters. The van der Waals surface area contributed by atoms with Gasteiger partial charge < -0.3 is 5.32 Å². The summed E-state index contributed by atoms with van der Waals surface area (Å²) in [5.74, 6) is -4.80. The third kappa shape index (κ3) is 2.08. The minimum atomic E-state index is -1.35. The van der Waals surface area contributed by atoms with Gasteiger partial charge in [0.05, 0.1) is 12.2 Å². The number of rotatable bonds is 1. The lowest BCUT2D eigenvalue weighted by molar-refractivity contribution is -0.128. The van der Waals surface area contributed by atoms with Gasteiger partial charge in [-0.05, 0) is 0 Å². The van der Waals surface area contributed by atoms with Crippen molar-refractivity contribution in [2.75, 3.05) is 18.0 Å². The predicted molar refractivity (Wildman–Crippen MR) is 51.7 cm³/mol. The molecule has 1 N–H and O–H groups in total. The fourth-order valence-corrected chi connectivity index (χ4v) is 1.50. The molecule has 1 aliphatic heterocycles. The molecule has 0 aliphatic carbocycles. The second kappa shape index (κ2) is 4.08. The molecule has 4 nitrogen and oxygen atoms in total. The lowest BCUT2D eigenvalue weighted by Gasteiger charge is -2.26. The van der Waals surface area contributed by atoms with Crippen LogP contribution in [0.15, 0.2) is 12.1 Å². The van der Waals surface area contributed by atoms with Crippen LogP contribution < -0.4 is 10.2 Å². The number of hydrogen-bond donors (Lipinski definition) is 1. The number of benzene rings is 1. The molecular formula is C10H7F3N2O2. The number of nitrogens with one attached hydrogen (secondary N) is 1. The maximum Gasteiger partial charge on any atom is 0.246 e. The fourth-order valence-electron chi connectivity index (χ4n) is 1.50. The molecule has 1 fully saturated rings. The molecule has 1 aromatic carbocycles. The highest BCUT2D eigenvalue weighted by Crippen LogP contribution is 2.23. The molecule has 90 valence electrons. The number of halogens is 3. The van der Waals surface area contributed by atoms with Gasteiger partial charge in [0, 0.05) is 12.1 Å². The highest BCUT2D eigenvalue weighted by molar-refractivity contribution is 6.04. The van der Waals surface area contributed by atoms with Crippen molar-refractivity contribution in [1.82, 2.24) is 5.32 Å². The number of carbonyl (C=O) groups is 2. The largest absolute Gasteiger partial charge is 0.345 e. The Labute approximate surface area is 94.0 Å². The average Bonchev–Trinajstić information content (AvgIpc) is 2.27. The van der Waals surface area contributed by atoms with E-state index < -0.39 is 41.5 Å². The van der Waals surface area contributed by atoms with Crippen LogP contribution in [0.5, 0.6) is 0 Å². The van der Waals surface area contributed by atoms with E-state index in [1.54, 1.807) is 0 Å². The zero-order chi connectivity index (χ0) is 12.6. The van der Waals surface area contributed by atoms with Gasteiger partial charge in [-0.25, -0.2) is 13.2 Å². The molecule has 0 aromatic heterocycles. The van der Waals surface area contributed by atoms with E-state index in [0.29, 0.717) is 12.1 Å². The molecule has 0 saturated carbocycles. The van der Waals surface area contributed by atoms with Crippen molar-refractivity contribution >= 4 is 17.5 Å². The van der Waals surface area contributed by atoms with E-state index in [1.165, 1.54) is 0 Å². The highest BCUT2D eigenvalue weighted by atomic mass is 19.2. The van der Waals surface area contributed by atoms with Crippen LogP contribution in [0.1, 0.15) is 0 Å². The van der Waals surface area contributed by atoms with Crippen LogP contribution in [0.25, 0.3) is 0 Å². The van der Waals surface area contributed by atoms with E-state index in [2.05, 4.69) is 5.32 Å². The lowest BCUT2D eigenvalue weighted by Crippen LogP contribution is -2.52. The summed E-state index contributed by atoms with van der Waals surface area (Å²) in [6, 6.07) is 0.894. The summed E-state index contributed by atoms with van der Waals surface area (Å²) in [5.41, 5.74) is -0.441. The van der Waals surface area contributed by atoms with Gasteiger partial charge in [-0.2, -0.15) is 0 Å². The molecule has 17 heavy (non-hydrogen) atoms. The van der Waals surface area contributed by atoms with Crippen molar-refractivity contribution in [3.8, 4) is 0 Å². The van der Waals surface area contributed by atoms with E-state index >= 15 is 0 Å². The van der Waals surface area contributed by atoms with E-state index in [-0.39, 0.29) is 6.54 Å². The van der Waals surface area contributed by atoms with E-state index in [1.807, 2.05) is 0 Å². The van der Waals surface area contributed by atoms with Gasteiger partial charge in [0.25, 0.3) is 0 Å². The van der Waals surface area contributed by atoms with E-state index in [9.17, 15) is 22.8 Å². The summed E-state index contributed by atoms with van der Waals surface area (Å²) < 4.78 is 39.0. The molecule has 1 heterocycles. The van der Waals surface area contributed by atoms with Gasteiger partial charge in [0.15, 0.2) is 11.6 Å². The second-order valence-corrected chi connectivity index (χ2v) is 3.47. The van der Waals surface area contributed by atoms with Crippen LogP contribution in [0, 0.1) is 17.5 Å². The Morgan fingerprint density at radius 2 is 1.71 bits per heavy atom. The van der Waals surface area contributed by atoms with Crippen LogP contribution in [0.3, 0.4) is 0 Å². The molecular weight excluding hydrogens is 237 g/mol. The maximum atomic E-state index is 13.4. The first kappa shape index (κ1) is 11.4. The van der Waals surface area contributed by atoms with Crippen LogP contribution >= 0.6 is 0 Å². The number of hydrogen-bond acceptors (Lipinski definition) is 2. The Morgan fingerprint density at radius 3 is 2.41 bits per heavy atom. The molecule has 0 unspecified atom stereocenters. The smallest absolute Gasteiger partial charge is 0.246 e. The SMILES string of the molecule is O=C1CN(c2cc(F)c(F)cc2F)C(=O)CN1. The molecule has 1 aromatic rings. The van der Waals surface area contributed by atoms with Gasteiger partial charge in [0.1, 0.15) is 12.4 Å². The summed E-state index contributed by atoms with van der Waals surface area (Å²) in [6.07, 6.45) is 0. The first-order valence-electron chi connectivity index (χ1n) is 4.70. The lowest BCUT2D eigenvalue weighted by atomic mass is 10.2. The molecule has 1 saturated heterocycles. The molecule has 1 aliphatic rings. The Morgan fingerprint density at radius 1 is 1.06 bits per heavy atom. The van der Waals surface area contributed by atoms with Crippen molar-refractivity contribution in [2.24, 2.45) is 0 Å². The number of amides is 2. The summed E-state index contributed by atoms with van der Waals surface area (Å²) in [5, 5.41) is 2.26. The van der Waals surface area contributed by atoms with Crippen molar-refractivity contribution < 1.29 is 22.8 Å². The number of anilines is 1. The Kier molecular flexibility index (Phi) is 2.74. The first-order chi connectivity index (χ1) is 7.99. The van der Waals surface area contributed by atoms with Gasteiger partial charge in [-0.15, -0.1) is 0 Å².